The maximum Gasteiger partial charge on any atom is 0.226 e. The summed E-state index contributed by atoms with van der Waals surface area (Å²) in [6.07, 6.45) is 6.72. The number of ether oxygens (including phenoxy) is 1. The highest BCUT2D eigenvalue weighted by Crippen LogP contribution is 2.29. The van der Waals surface area contributed by atoms with Crippen molar-refractivity contribution in [2.45, 2.75) is 57.1 Å². The number of aryl methyl sites for hydroxylation is 1. The largest absolute Gasteiger partial charge is 0.374 e. The topological polar surface area (TPSA) is 68.5 Å². The van der Waals surface area contributed by atoms with E-state index in [2.05, 4.69) is 15.0 Å². The first kappa shape index (κ1) is 16.7. The lowest BCUT2D eigenvalue weighted by Crippen LogP contribution is -2.54. The normalized spacial score (nSPS) is 23.4. The number of hydrogen-bond donors (Lipinski definition) is 0. The summed E-state index contributed by atoms with van der Waals surface area (Å²) in [7, 11) is 0. The Morgan fingerprint density at radius 2 is 2.28 bits per heavy atom. The summed E-state index contributed by atoms with van der Waals surface area (Å²) in [6, 6.07) is 4.22. The number of aromatic nitrogens is 2. The SMILES string of the molecule is O=C(CCCc1nc(-c2cccs2)no1)N1CCO[C@H]2CCCC[C@H]21. The van der Waals surface area contributed by atoms with Gasteiger partial charge in [-0.3, -0.25) is 4.79 Å². The lowest BCUT2D eigenvalue weighted by molar-refractivity contribution is -0.149. The van der Waals surface area contributed by atoms with E-state index in [0.717, 1.165) is 30.7 Å². The van der Waals surface area contributed by atoms with Crippen LogP contribution in [0.1, 0.15) is 44.4 Å². The number of nitrogens with zero attached hydrogens (tertiary/aromatic N) is 3. The van der Waals surface area contributed by atoms with Crippen molar-refractivity contribution in [3.05, 3.63) is 23.4 Å². The van der Waals surface area contributed by atoms with E-state index in [1.54, 1.807) is 11.3 Å². The molecule has 1 aliphatic heterocycles. The summed E-state index contributed by atoms with van der Waals surface area (Å²) in [4.78, 5) is 20.1. The fraction of sp³-hybridized carbons (Fsp3) is 0.611. The molecule has 1 saturated carbocycles. The monoisotopic (exact) mass is 361 g/mol. The third-order valence-corrected chi connectivity index (χ3v) is 5.91. The first-order valence-corrected chi connectivity index (χ1v) is 9.97. The minimum atomic E-state index is 0.234. The molecule has 2 aliphatic rings. The Balaban J connectivity index is 1.29. The molecule has 0 N–H and O–H groups in total. The smallest absolute Gasteiger partial charge is 0.226 e. The molecule has 0 unspecified atom stereocenters. The predicted octanol–water partition coefficient (Wildman–Crippen LogP) is 3.29. The summed E-state index contributed by atoms with van der Waals surface area (Å²) in [5.41, 5.74) is 0. The molecule has 7 heteroatoms. The zero-order valence-electron chi connectivity index (χ0n) is 14.2. The van der Waals surface area contributed by atoms with Crippen LogP contribution in [0.3, 0.4) is 0 Å². The second-order valence-electron chi connectivity index (χ2n) is 6.69. The highest BCUT2D eigenvalue weighted by Gasteiger charge is 2.36. The highest BCUT2D eigenvalue weighted by molar-refractivity contribution is 7.13. The summed E-state index contributed by atoms with van der Waals surface area (Å²) in [5.74, 6) is 1.47. The number of rotatable bonds is 5. The Labute approximate surface area is 151 Å². The second-order valence-corrected chi connectivity index (χ2v) is 7.64. The maximum atomic E-state index is 12.6. The number of amides is 1. The van der Waals surface area contributed by atoms with Crippen molar-refractivity contribution in [2.24, 2.45) is 0 Å². The van der Waals surface area contributed by atoms with Crippen LogP contribution in [0.4, 0.5) is 0 Å². The fourth-order valence-electron chi connectivity index (χ4n) is 3.80. The third-order valence-electron chi connectivity index (χ3n) is 5.04. The molecule has 0 aromatic carbocycles. The summed E-state index contributed by atoms with van der Waals surface area (Å²) >= 11 is 1.59. The Bertz CT molecular complexity index is 698. The number of fused-ring (bicyclic) bond motifs is 1. The van der Waals surface area contributed by atoms with E-state index in [1.165, 1.54) is 12.8 Å². The van der Waals surface area contributed by atoms with E-state index in [-0.39, 0.29) is 18.1 Å². The van der Waals surface area contributed by atoms with Gasteiger partial charge in [-0.05, 0) is 30.7 Å². The van der Waals surface area contributed by atoms with Gasteiger partial charge in [-0.25, -0.2) is 0 Å². The van der Waals surface area contributed by atoms with Crippen LogP contribution < -0.4 is 0 Å². The lowest BCUT2D eigenvalue weighted by Gasteiger charge is -2.43. The highest BCUT2D eigenvalue weighted by atomic mass is 32.1. The van der Waals surface area contributed by atoms with Crippen LogP contribution in [0.5, 0.6) is 0 Å². The molecule has 25 heavy (non-hydrogen) atoms. The Hall–Kier alpha value is -1.73. The van der Waals surface area contributed by atoms with Crippen LogP contribution in [0.25, 0.3) is 10.7 Å². The van der Waals surface area contributed by atoms with Crippen LogP contribution >= 0.6 is 11.3 Å². The minimum absolute atomic E-state index is 0.234. The van der Waals surface area contributed by atoms with E-state index in [9.17, 15) is 4.79 Å². The van der Waals surface area contributed by atoms with Crippen LogP contribution in [-0.4, -0.2) is 46.2 Å². The van der Waals surface area contributed by atoms with E-state index in [1.807, 2.05) is 17.5 Å². The van der Waals surface area contributed by atoms with Crippen molar-refractivity contribution < 1.29 is 14.1 Å². The molecule has 6 nitrogen and oxygen atoms in total. The minimum Gasteiger partial charge on any atom is -0.374 e. The molecule has 0 spiro atoms. The van der Waals surface area contributed by atoms with Crippen LogP contribution in [0, 0.1) is 0 Å². The van der Waals surface area contributed by atoms with Gasteiger partial charge >= 0.3 is 0 Å². The first-order chi connectivity index (χ1) is 12.3. The molecule has 2 aromatic rings. The van der Waals surface area contributed by atoms with Crippen molar-refractivity contribution in [2.75, 3.05) is 13.2 Å². The zero-order valence-corrected chi connectivity index (χ0v) is 15.0. The van der Waals surface area contributed by atoms with E-state index in [0.29, 0.717) is 31.2 Å². The summed E-state index contributed by atoms with van der Waals surface area (Å²) in [6.45, 7) is 1.39. The number of morpholine rings is 1. The van der Waals surface area contributed by atoms with Crippen molar-refractivity contribution in [3.8, 4) is 10.7 Å². The average Bonchev–Trinajstić information content (AvgIpc) is 3.32. The molecular formula is C18H23N3O3S. The van der Waals surface area contributed by atoms with Gasteiger partial charge in [0.25, 0.3) is 0 Å². The molecule has 3 heterocycles. The first-order valence-electron chi connectivity index (χ1n) is 9.09. The number of hydrogen-bond acceptors (Lipinski definition) is 6. The quantitative estimate of drug-likeness (QED) is 0.817. The molecule has 4 rings (SSSR count). The molecule has 2 aromatic heterocycles. The van der Waals surface area contributed by atoms with E-state index < -0.39 is 0 Å². The van der Waals surface area contributed by atoms with Gasteiger partial charge in [-0.2, -0.15) is 4.98 Å². The molecule has 2 fully saturated rings. The average molecular weight is 361 g/mol. The number of carbonyl (C=O) groups is 1. The van der Waals surface area contributed by atoms with Gasteiger partial charge in [-0.1, -0.05) is 24.1 Å². The Morgan fingerprint density at radius 3 is 3.16 bits per heavy atom. The van der Waals surface area contributed by atoms with E-state index >= 15 is 0 Å². The van der Waals surface area contributed by atoms with Gasteiger partial charge in [0, 0.05) is 19.4 Å². The van der Waals surface area contributed by atoms with Crippen LogP contribution in [0.2, 0.25) is 0 Å². The van der Waals surface area contributed by atoms with Crippen molar-refractivity contribution in [1.82, 2.24) is 15.0 Å². The molecular weight excluding hydrogens is 338 g/mol. The molecule has 0 radical (unpaired) electrons. The Morgan fingerprint density at radius 1 is 1.36 bits per heavy atom. The van der Waals surface area contributed by atoms with Crippen molar-refractivity contribution in [1.29, 1.82) is 0 Å². The fourth-order valence-corrected chi connectivity index (χ4v) is 4.45. The Kier molecular flexibility index (Phi) is 5.12. The van der Waals surface area contributed by atoms with Gasteiger partial charge in [0.15, 0.2) is 0 Å². The van der Waals surface area contributed by atoms with Crippen LogP contribution in [-0.2, 0) is 16.0 Å². The molecule has 1 aliphatic carbocycles. The van der Waals surface area contributed by atoms with Gasteiger partial charge in [-0.15, -0.1) is 11.3 Å². The summed E-state index contributed by atoms with van der Waals surface area (Å²) < 4.78 is 11.2. The molecule has 0 bridgehead atoms. The van der Waals surface area contributed by atoms with Crippen molar-refractivity contribution in [3.63, 3.8) is 0 Å². The van der Waals surface area contributed by atoms with Crippen molar-refractivity contribution >= 4 is 17.2 Å². The van der Waals surface area contributed by atoms with E-state index in [4.69, 9.17) is 9.26 Å². The van der Waals surface area contributed by atoms with Gasteiger partial charge in [0.2, 0.25) is 17.6 Å². The second kappa shape index (κ2) is 7.66. The van der Waals surface area contributed by atoms with Gasteiger partial charge in [0.1, 0.15) is 0 Å². The summed E-state index contributed by atoms with van der Waals surface area (Å²) in [5, 5.41) is 6.00. The zero-order chi connectivity index (χ0) is 17.1. The predicted molar refractivity (Wildman–Crippen MR) is 94.3 cm³/mol. The number of thiophene rings is 1. The standard InChI is InChI=1S/C18H23N3O3S/c22-17(21-10-11-23-14-6-2-1-5-13(14)21)9-3-8-16-19-18(20-24-16)15-7-4-12-25-15/h4,7,12-14H,1-3,5-6,8-11H2/t13-,14+/m1/s1. The van der Waals surface area contributed by atoms with Gasteiger partial charge < -0.3 is 14.2 Å². The van der Waals surface area contributed by atoms with Crippen LogP contribution in [0.15, 0.2) is 22.0 Å². The molecule has 134 valence electrons. The number of carbonyl (C=O) groups excluding carboxylic acids is 1. The van der Waals surface area contributed by atoms with Gasteiger partial charge in [0.05, 0.1) is 23.6 Å². The third kappa shape index (κ3) is 3.77. The molecule has 1 saturated heterocycles. The molecule has 2 atom stereocenters. The maximum absolute atomic E-state index is 12.6. The lowest BCUT2D eigenvalue weighted by atomic mass is 9.90. The molecule has 1 amide bonds.